The first-order chi connectivity index (χ1) is 12.7. The van der Waals surface area contributed by atoms with E-state index in [9.17, 15) is 0 Å². The van der Waals surface area contributed by atoms with Gasteiger partial charge in [0.1, 0.15) is 18.5 Å². The van der Waals surface area contributed by atoms with Crippen LogP contribution in [0.15, 0.2) is 24.8 Å². The number of nitrogen functional groups attached to an aromatic ring is 1. The summed E-state index contributed by atoms with van der Waals surface area (Å²) in [5.74, 6) is 2.30. The van der Waals surface area contributed by atoms with Crippen molar-refractivity contribution in [2.75, 3.05) is 37.9 Å². The minimum atomic E-state index is 0.357. The molecule has 1 aromatic carbocycles. The van der Waals surface area contributed by atoms with Crippen LogP contribution in [0.3, 0.4) is 0 Å². The van der Waals surface area contributed by atoms with E-state index >= 15 is 0 Å². The van der Waals surface area contributed by atoms with Gasteiger partial charge in [-0.1, -0.05) is 0 Å². The first-order valence-electron chi connectivity index (χ1n) is 8.48. The summed E-state index contributed by atoms with van der Waals surface area (Å²) in [5.41, 5.74) is 6.93. The van der Waals surface area contributed by atoms with E-state index in [0.29, 0.717) is 29.3 Å². The number of fused-ring (bicyclic) bond motifs is 1. The second-order valence-corrected chi connectivity index (χ2v) is 6.23. The summed E-state index contributed by atoms with van der Waals surface area (Å²) in [7, 11) is 3.19. The van der Waals surface area contributed by atoms with Gasteiger partial charge >= 0.3 is 0 Å². The highest BCUT2D eigenvalue weighted by molar-refractivity contribution is 5.91. The lowest BCUT2D eigenvalue weighted by Gasteiger charge is -2.32. The Kier molecular flexibility index (Phi) is 4.19. The van der Waals surface area contributed by atoms with E-state index in [0.717, 1.165) is 36.8 Å². The zero-order valence-electron chi connectivity index (χ0n) is 14.8. The van der Waals surface area contributed by atoms with Crippen molar-refractivity contribution in [3.63, 3.8) is 0 Å². The van der Waals surface area contributed by atoms with E-state index in [2.05, 4.69) is 20.0 Å². The number of hydrogen-bond donors (Lipinski definition) is 1. The number of nitrogens with zero attached hydrogens (tertiary/aromatic N) is 6. The molecule has 2 aromatic heterocycles. The highest BCUT2D eigenvalue weighted by Crippen LogP contribution is 2.34. The van der Waals surface area contributed by atoms with Crippen molar-refractivity contribution in [3.8, 4) is 11.5 Å². The van der Waals surface area contributed by atoms with Gasteiger partial charge in [-0.05, 0) is 18.9 Å². The number of methoxy groups -OCH3 is 2. The molecule has 0 saturated carbocycles. The van der Waals surface area contributed by atoms with Crippen LogP contribution < -0.4 is 20.1 Å². The zero-order valence-corrected chi connectivity index (χ0v) is 14.8. The minimum absolute atomic E-state index is 0.357. The molecule has 4 rings (SSSR count). The van der Waals surface area contributed by atoms with Crippen LogP contribution in [0.1, 0.15) is 18.9 Å². The van der Waals surface area contributed by atoms with Gasteiger partial charge in [-0.15, -0.1) is 0 Å². The Morgan fingerprint density at radius 1 is 1.08 bits per heavy atom. The number of piperidine rings is 1. The summed E-state index contributed by atoms with van der Waals surface area (Å²) in [4.78, 5) is 15.4. The number of nitrogens with two attached hydrogens (primary N) is 1. The van der Waals surface area contributed by atoms with Crippen LogP contribution >= 0.6 is 0 Å². The van der Waals surface area contributed by atoms with Crippen LogP contribution in [0, 0.1) is 0 Å². The second-order valence-electron chi connectivity index (χ2n) is 6.23. The Bertz CT molecular complexity index is 905. The molecule has 9 heteroatoms. The number of ether oxygens (including phenoxy) is 2. The first kappa shape index (κ1) is 16.4. The summed E-state index contributed by atoms with van der Waals surface area (Å²) < 4.78 is 12.6. The quantitative estimate of drug-likeness (QED) is 0.753. The van der Waals surface area contributed by atoms with Crippen molar-refractivity contribution in [3.05, 3.63) is 24.8 Å². The highest BCUT2D eigenvalue weighted by Gasteiger charge is 2.23. The Labute approximate surface area is 150 Å². The maximum atomic E-state index is 6.19. The van der Waals surface area contributed by atoms with Gasteiger partial charge in [-0.25, -0.2) is 14.6 Å². The minimum Gasteiger partial charge on any atom is -0.493 e. The molecule has 0 atom stereocenters. The van der Waals surface area contributed by atoms with Crippen LogP contribution in [-0.2, 0) is 0 Å². The summed E-state index contributed by atoms with van der Waals surface area (Å²) >= 11 is 0. The van der Waals surface area contributed by atoms with Gasteiger partial charge < -0.3 is 20.1 Å². The highest BCUT2D eigenvalue weighted by atomic mass is 16.5. The van der Waals surface area contributed by atoms with Crippen LogP contribution in [-0.4, -0.2) is 52.0 Å². The molecule has 1 aliphatic heterocycles. The number of hydrogen-bond acceptors (Lipinski definition) is 8. The van der Waals surface area contributed by atoms with Crippen molar-refractivity contribution < 1.29 is 9.47 Å². The standard InChI is InChI=1S/C17H21N7O2/c1-25-14-7-12-13(8-15(14)26-2)21-17(22-16(12)18)23-5-3-11(4-6-23)24-10-19-9-20-24/h7-11H,3-6H2,1-2H3,(H2,18,21,22). The van der Waals surface area contributed by atoms with Crippen LogP contribution in [0.2, 0.25) is 0 Å². The number of rotatable bonds is 4. The van der Waals surface area contributed by atoms with Gasteiger partial charge in [0.15, 0.2) is 11.5 Å². The van der Waals surface area contributed by atoms with E-state index < -0.39 is 0 Å². The van der Waals surface area contributed by atoms with Gasteiger partial charge in [0.25, 0.3) is 0 Å². The van der Waals surface area contributed by atoms with E-state index in [1.54, 1.807) is 26.9 Å². The van der Waals surface area contributed by atoms with Crippen molar-refractivity contribution in [2.45, 2.75) is 18.9 Å². The smallest absolute Gasteiger partial charge is 0.227 e. The molecule has 0 unspecified atom stereocenters. The molecule has 9 nitrogen and oxygen atoms in total. The predicted molar refractivity (Wildman–Crippen MR) is 97.6 cm³/mol. The maximum absolute atomic E-state index is 6.19. The molecule has 0 aliphatic carbocycles. The maximum Gasteiger partial charge on any atom is 0.227 e. The molecule has 136 valence electrons. The number of aromatic nitrogens is 5. The Morgan fingerprint density at radius 3 is 2.46 bits per heavy atom. The Hall–Kier alpha value is -3.10. The third kappa shape index (κ3) is 2.85. The molecule has 0 bridgehead atoms. The lowest BCUT2D eigenvalue weighted by Crippen LogP contribution is -2.36. The van der Waals surface area contributed by atoms with Crippen LogP contribution in [0.5, 0.6) is 11.5 Å². The predicted octanol–water partition coefficient (Wildman–Crippen LogP) is 1.66. The zero-order chi connectivity index (χ0) is 18.1. The molecule has 1 saturated heterocycles. The summed E-state index contributed by atoms with van der Waals surface area (Å²) in [6, 6.07) is 4.00. The molecule has 0 amide bonds. The van der Waals surface area contributed by atoms with Gasteiger partial charge in [0, 0.05) is 24.5 Å². The second kappa shape index (κ2) is 6.66. The molecule has 3 aromatic rings. The molecular formula is C17H21N7O2. The summed E-state index contributed by atoms with van der Waals surface area (Å²) in [6.07, 6.45) is 5.25. The van der Waals surface area contributed by atoms with Crippen molar-refractivity contribution >= 4 is 22.7 Å². The van der Waals surface area contributed by atoms with Gasteiger partial charge in [-0.3, -0.25) is 0 Å². The molecule has 1 aliphatic rings. The summed E-state index contributed by atoms with van der Waals surface area (Å²) in [5, 5.41) is 4.99. The Morgan fingerprint density at radius 2 is 1.81 bits per heavy atom. The number of benzene rings is 1. The third-order valence-corrected chi connectivity index (χ3v) is 4.78. The molecule has 1 fully saturated rings. The topological polar surface area (TPSA) is 104 Å². The van der Waals surface area contributed by atoms with E-state index in [1.165, 1.54) is 0 Å². The van der Waals surface area contributed by atoms with Crippen molar-refractivity contribution in [1.29, 1.82) is 0 Å². The fourth-order valence-corrected chi connectivity index (χ4v) is 3.34. The Balaban J connectivity index is 1.61. The number of anilines is 2. The van der Waals surface area contributed by atoms with Crippen molar-refractivity contribution in [1.82, 2.24) is 24.7 Å². The van der Waals surface area contributed by atoms with Gasteiger partial charge in [-0.2, -0.15) is 10.1 Å². The molecule has 26 heavy (non-hydrogen) atoms. The largest absolute Gasteiger partial charge is 0.493 e. The molecule has 0 spiro atoms. The summed E-state index contributed by atoms with van der Waals surface area (Å²) in [6.45, 7) is 1.67. The average Bonchev–Trinajstić information content (AvgIpc) is 3.22. The molecule has 3 heterocycles. The normalized spacial score (nSPS) is 15.4. The van der Waals surface area contributed by atoms with E-state index in [1.807, 2.05) is 16.8 Å². The van der Waals surface area contributed by atoms with Crippen molar-refractivity contribution in [2.24, 2.45) is 0 Å². The van der Waals surface area contributed by atoms with E-state index in [4.69, 9.17) is 20.2 Å². The molecular weight excluding hydrogens is 334 g/mol. The SMILES string of the molecule is COc1cc2nc(N3CCC(n4cncn4)CC3)nc(N)c2cc1OC. The first-order valence-corrected chi connectivity index (χ1v) is 8.48. The lowest BCUT2D eigenvalue weighted by atomic mass is 10.1. The monoisotopic (exact) mass is 355 g/mol. The van der Waals surface area contributed by atoms with Crippen LogP contribution in [0.4, 0.5) is 11.8 Å². The van der Waals surface area contributed by atoms with E-state index in [-0.39, 0.29) is 0 Å². The van der Waals surface area contributed by atoms with Gasteiger partial charge in [0.2, 0.25) is 5.95 Å². The fraction of sp³-hybridized carbons (Fsp3) is 0.412. The molecule has 2 N–H and O–H groups in total. The fourth-order valence-electron chi connectivity index (χ4n) is 3.34. The molecule has 0 radical (unpaired) electrons. The lowest BCUT2D eigenvalue weighted by molar-refractivity contribution is 0.355. The average molecular weight is 355 g/mol. The third-order valence-electron chi connectivity index (χ3n) is 4.78. The van der Waals surface area contributed by atoms with Gasteiger partial charge in [0.05, 0.1) is 25.8 Å². The van der Waals surface area contributed by atoms with Crippen LogP contribution in [0.25, 0.3) is 10.9 Å².